The van der Waals surface area contributed by atoms with Crippen molar-refractivity contribution in [2.24, 2.45) is 16.5 Å². The van der Waals surface area contributed by atoms with Crippen LogP contribution in [-0.2, 0) is 27.2 Å². The lowest BCUT2D eigenvalue weighted by molar-refractivity contribution is -0.157. The highest BCUT2D eigenvalue weighted by Gasteiger charge is 2.40. The third-order valence-electron chi connectivity index (χ3n) is 7.18. The number of piperazine rings is 1. The number of aliphatic imine (C=N–C) groups is 1. The Labute approximate surface area is 255 Å². The molecule has 226 valence electrons. The van der Waals surface area contributed by atoms with E-state index in [9.17, 15) is 19.2 Å². The highest BCUT2D eigenvalue weighted by Crippen LogP contribution is 2.19. The summed E-state index contributed by atoms with van der Waals surface area (Å²) < 4.78 is 0. The van der Waals surface area contributed by atoms with Crippen LogP contribution in [0.2, 0.25) is 0 Å². The van der Waals surface area contributed by atoms with E-state index in [4.69, 9.17) is 11.5 Å². The number of aryl methyl sites for hydroxylation is 1. The number of hydrogen-bond donors (Lipinski definition) is 3. The van der Waals surface area contributed by atoms with Crippen molar-refractivity contribution >= 4 is 40.8 Å². The lowest BCUT2D eigenvalue weighted by atomic mass is 10.00. The van der Waals surface area contributed by atoms with Crippen molar-refractivity contribution < 1.29 is 19.2 Å². The number of nitrogens with zero attached hydrogens (tertiary/aromatic N) is 4. The first-order valence-corrected chi connectivity index (χ1v) is 15.1. The van der Waals surface area contributed by atoms with Crippen LogP contribution in [0.5, 0.6) is 0 Å². The monoisotopic (exact) mass is 603 g/mol. The molecule has 2 atom stereocenters. The van der Waals surface area contributed by atoms with E-state index in [2.05, 4.69) is 15.3 Å². The fraction of sp³-hybridized carbons (Fsp3) is 0.355. The molecule has 1 saturated heterocycles. The quantitative estimate of drug-likeness (QED) is 0.103. The number of benzene rings is 2. The van der Waals surface area contributed by atoms with Crippen molar-refractivity contribution in [1.29, 1.82) is 0 Å². The maximum absolute atomic E-state index is 13.7. The molecule has 0 unspecified atom stereocenters. The number of rotatable bonds is 15. The average Bonchev–Trinajstić information content (AvgIpc) is 3.55. The fourth-order valence-corrected chi connectivity index (χ4v) is 5.68. The summed E-state index contributed by atoms with van der Waals surface area (Å²) in [4.78, 5) is 64.6. The second-order valence-corrected chi connectivity index (χ2v) is 11.2. The van der Waals surface area contributed by atoms with Gasteiger partial charge in [0.2, 0.25) is 23.5 Å². The van der Waals surface area contributed by atoms with Crippen LogP contribution in [0.15, 0.2) is 77.2 Å². The number of hydrogen-bond acceptors (Lipinski definition) is 7. The summed E-state index contributed by atoms with van der Waals surface area (Å²) >= 11 is 1.18. The summed E-state index contributed by atoms with van der Waals surface area (Å²) in [6.07, 6.45) is 4.00. The molecule has 11 nitrogen and oxygen atoms in total. The molecule has 0 bridgehead atoms. The minimum Gasteiger partial charge on any atom is -0.370 e. The van der Waals surface area contributed by atoms with E-state index < -0.39 is 18.0 Å². The average molecular weight is 604 g/mol. The molecular weight excluding hydrogens is 566 g/mol. The molecule has 0 aliphatic carbocycles. The first-order valence-electron chi connectivity index (χ1n) is 14.3. The van der Waals surface area contributed by atoms with E-state index in [-0.39, 0.29) is 61.0 Å². The number of ketones is 1. The smallest absolute Gasteiger partial charge is 0.246 e. The Hall–Kier alpha value is -4.58. The number of carbonyl (C=O) groups excluding carboxylic acids is 4. The zero-order chi connectivity index (χ0) is 30.6. The van der Waals surface area contributed by atoms with Crippen molar-refractivity contribution in [2.75, 3.05) is 26.2 Å². The third kappa shape index (κ3) is 9.20. The molecule has 1 aromatic heterocycles. The lowest BCUT2D eigenvalue weighted by Gasteiger charge is -2.40. The van der Waals surface area contributed by atoms with Gasteiger partial charge in [0.25, 0.3) is 0 Å². The maximum Gasteiger partial charge on any atom is 0.246 e. The molecule has 43 heavy (non-hydrogen) atoms. The van der Waals surface area contributed by atoms with Crippen molar-refractivity contribution in [2.45, 2.75) is 44.2 Å². The van der Waals surface area contributed by atoms with Crippen LogP contribution in [0.25, 0.3) is 0 Å². The van der Waals surface area contributed by atoms with E-state index >= 15 is 0 Å². The van der Waals surface area contributed by atoms with Gasteiger partial charge in [0.05, 0.1) is 12.6 Å². The molecule has 2 heterocycles. The van der Waals surface area contributed by atoms with Gasteiger partial charge in [-0.25, -0.2) is 4.98 Å². The van der Waals surface area contributed by atoms with Crippen molar-refractivity contribution in [3.05, 3.63) is 88.4 Å². The van der Waals surface area contributed by atoms with Crippen LogP contribution in [0.4, 0.5) is 0 Å². The molecular formula is C31H37N7O4S. The van der Waals surface area contributed by atoms with E-state index in [1.165, 1.54) is 22.4 Å². The number of carbonyl (C=O) groups is 4. The van der Waals surface area contributed by atoms with E-state index in [0.29, 0.717) is 19.4 Å². The van der Waals surface area contributed by atoms with Crippen LogP contribution >= 0.6 is 11.3 Å². The van der Waals surface area contributed by atoms with Gasteiger partial charge in [-0.2, -0.15) is 0 Å². The predicted molar refractivity (Wildman–Crippen MR) is 165 cm³/mol. The summed E-state index contributed by atoms with van der Waals surface area (Å²) in [6, 6.07) is 17.7. The number of nitrogens with one attached hydrogen (secondary N) is 1. The normalized spacial score (nSPS) is 15.7. The molecule has 1 fully saturated rings. The van der Waals surface area contributed by atoms with Gasteiger partial charge >= 0.3 is 0 Å². The van der Waals surface area contributed by atoms with Crippen LogP contribution in [0.1, 0.15) is 40.2 Å². The topological polar surface area (TPSA) is 164 Å². The zero-order valence-electron chi connectivity index (χ0n) is 23.9. The largest absolute Gasteiger partial charge is 0.370 e. The summed E-state index contributed by atoms with van der Waals surface area (Å²) in [7, 11) is 0. The Morgan fingerprint density at radius 3 is 2.37 bits per heavy atom. The van der Waals surface area contributed by atoms with Crippen LogP contribution < -0.4 is 16.8 Å². The highest BCUT2D eigenvalue weighted by atomic mass is 32.1. The Kier molecular flexibility index (Phi) is 11.4. The Bertz CT molecular complexity index is 1400. The van der Waals surface area contributed by atoms with Gasteiger partial charge in [-0.3, -0.25) is 24.2 Å². The summed E-state index contributed by atoms with van der Waals surface area (Å²) in [5, 5.41) is 4.72. The Balaban J connectivity index is 1.45. The van der Waals surface area contributed by atoms with Gasteiger partial charge in [0.1, 0.15) is 12.6 Å². The molecule has 1 aliphatic rings. The van der Waals surface area contributed by atoms with Crippen molar-refractivity contribution in [3.63, 3.8) is 0 Å². The number of aromatic nitrogens is 1. The minimum atomic E-state index is -0.884. The summed E-state index contributed by atoms with van der Waals surface area (Å²) in [6.45, 7) is 0.269. The molecule has 0 radical (unpaired) electrons. The van der Waals surface area contributed by atoms with E-state index in [1.54, 1.807) is 10.3 Å². The van der Waals surface area contributed by atoms with Crippen LogP contribution in [0.3, 0.4) is 0 Å². The Morgan fingerprint density at radius 2 is 1.72 bits per heavy atom. The molecule has 1 aliphatic heterocycles. The summed E-state index contributed by atoms with van der Waals surface area (Å²) in [5.41, 5.74) is 12.8. The molecule has 0 spiro atoms. The molecule has 0 saturated carbocycles. The number of guanidine groups is 1. The number of Topliss-reactive ketones (excluding diaryl/α,β-unsaturated/α-hetero) is 1. The first-order chi connectivity index (χ1) is 20.8. The fourth-order valence-electron chi connectivity index (χ4n) is 5.05. The molecule has 12 heteroatoms. The lowest BCUT2D eigenvalue weighted by Crippen LogP contribution is -2.62. The second-order valence-electron chi connectivity index (χ2n) is 10.3. The van der Waals surface area contributed by atoms with Gasteiger partial charge in [-0.1, -0.05) is 60.7 Å². The van der Waals surface area contributed by atoms with Gasteiger partial charge in [0.15, 0.2) is 11.0 Å². The van der Waals surface area contributed by atoms with Crippen LogP contribution in [-0.4, -0.2) is 82.5 Å². The first kappa shape index (κ1) is 31.4. The van der Waals surface area contributed by atoms with Gasteiger partial charge < -0.3 is 26.6 Å². The standard InChI is InChI=1S/C31H37N7O4S/c32-31(33)35-15-7-14-24(28(41)29-34-16-18-43-29)36-26(39)20-38-25(19-23-11-5-2-6-12-23)30(42)37(21-27(38)40)17-8-13-22-9-3-1-4-10-22/h1-6,9-12,16,18,24-25H,7-8,13-15,17,19-21H2,(H,36,39)(H4,32,33,35)/t24-,25-/m0/s1. The van der Waals surface area contributed by atoms with E-state index in [1.807, 2.05) is 60.7 Å². The number of thiazole rings is 1. The zero-order valence-corrected chi connectivity index (χ0v) is 24.7. The third-order valence-corrected chi connectivity index (χ3v) is 7.97. The molecule has 5 N–H and O–H groups in total. The summed E-state index contributed by atoms with van der Waals surface area (Å²) in [5.74, 6) is -1.44. The molecule has 4 rings (SSSR count). The second kappa shape index (κ2) is 15.6. The number of amides is 3. The number of nitrogens with two attached hydrogens (primary N) is 2. The van der Waals surface area contributed by atoms with Crippen molar-refractivity contribution in [1.82, 2.24) is 20.1 Å². The highest BCUT2D eigenvalue weighted by molar-refractivity contribution is 7.11. The Morgan fingerprint density at radius 1 is 1.02 bits per heavy atom. The molecule has 2 aromatic carbocycles. The molecule has 3 amide bonds. The van der Waals surface area contributed by atoms with Gasteiger partial charge in [0, 0.05) is 31.1 Å². The van der Waals surface area contributed by atoms with Crippen molar-refractivity contribution in [3.8, 4) is 0 Å². The SMILES string of the molecule is NC(N)=NCCC[C@H](NC(=O)CN1C(=O)CN(CCCc2ccccc2)C(=O)[C@@H]1Cc1ccccc1)C(=O)c1nccs1. The van der Waals surface area contributed by atoms with E-state index in [0.717, 1.165) is 17.5 Å². The van der Waals surface area contributed by atoms with Crippen LogP contribution in [0, 0.1) is 0 Å². The molecule has 3 aromatic rings. The minimum absolute atomic E-state index is 0.0568. The maximum atomic E-state index is 13.7. The predicted octanol–water partition coefficient (Wildman–Crippen LogP) is 1.78. The van der Waals surface area contributed by atoms with Gasteiger partial charge in [-0.05, 0) is 36.8 Å². The van der Waals surface area contributed by atoms with Gasteiger partial charge in [-0.15, -0.1) is 11.3 Å².